The van der Waals surface area contributed by atoms with Crippen LogP contribution < -0.4 is 0 Å². The highest BCUT2D eigenvalue weighted by Gasteiger charge is 2.17. The van der Waals surface area contributed by atoms with E-state index in [9.17, 15) is 9.90 Å². The average Bonchev–Trinajstić information content (AvgIpc) is 2.26. The van der Waals surface area contributed by atoms with Crippen molar-refractivity contribution in [1.82, 2.24) is 0 Å². The summed E-state index contributed by atoms with van der Waals surface area (Å²) in [6.45, 7) is 0. The Morgan fingerprint density at radius 3 is 2.33 bits per heavy atom. The molecule has 0 fully saturated rings. The van der Waals surface area contributed by atoms with E-state index in [-0.39, 0.29) is 12.2 Å². The summed E-state index contributed by atoms with van der Waals surface area (Å²) in [5.74, 6) is -0.287. The molecule has 0 radical (unpaired) electrons. The van der Waals surface area contributed by atoms with Gasteiger partial charge in [-0.1, -0.05) is 30.3 Å². The molecule has 82 valence electrons. The predicted molar refractivity (Wildman–Crippen MR) is 61.5 cm³/mol. The van der Waals surface area contributed by atoms with Crippen molar-refractivity contribution in [2.45, 2.75) is 23.8 Å². The number of carbonyl (C=O) groups is 1. The second-order valence-electron chi connectivity index (χ2n) is 3.21. The maximum Gasteiger partial charge on any atom is 0.191 e. The number of benzene rings is 1. The lowest BCUT2D eigenvalue weighted by Gasteiger charge is -2.09. The molecular formula is C11H12Cl2O2. The Labute approximate surface area is 98.8 Å². The molecular weight excluding hydrogens is 235 g/mol. The van der Waals surface area contributed by atoms with Crippen molar-refractivity contribution in [2.24, 2.45) is 0 Å². The number of aliphatic hydroxyl groups excluding tert-OH is 1. The SMILES string of the molecule is O=C(c1ccccc1)C(O)CCC(Cl)Cl. The number of hydrogen-bond donors (Lipinski definition) is 1. The molecule has 1 aromatic rings. The summed E-state index contributed by atoms with van der Waals surface area (Å²) in [4.78, 5) is 11.1. The van der Waals surface area contributed by atoms with Gasteiger partial charge >= 0.3 is 0 Å². The van der Waals surface area contributed by atoms with Crippen LogP contribution in [0.2, 0.25) is 0 Å². The van der Waals surface area contributed by atoms with Gasteiger partial charge in [-0.15, -0.1) is 23.2 Å². The number of alkyl halides is 2. The van der Waals surface area contributed by atoms with E-state index >= 15 is 0 Å². The van der Waals surface area contributed by atoms with Crippen LogP contribution in [-0.4, -0.2) is 21.8 Å². The number of carbonyl (C=O) groups excluding carboxylic acids is 1. The zero-order chi connectivity index (χ0) is 11.3. The van der Waals surface area contributed by atoms with Crippen LogP contribution in [0, 0.1) is 0 Å². The van der Waals surface area contributed by atoms with Crippen LogP contribution in [0.15, 0.2) is 30.3 Å². The van der Waals surface area contributed by atoms with E-state index < -0.39 is 10.9 Å². The van der Waals surface area contributed by atoms with Crippen molar-refractivity contribution in [1.29, 1.82) is 0 Å². The first kappa shape index (κ1) is 12.5. The van der Waals surface area contributed by atoms with Crippen molar-refractivity contribution in [3.05, 3.63) is 35.9 Å². The Morgan fingerprint density at radius 1 is 1.20 bits per heavy atom. The molecule has 1 rings (SSSR count). The highest BCUT2D eigenvalue weighted by atomic mass is 35.5. The fourth-order valence-electron chi connectivity index (χ4n) is 1.21. The molecule has 0 aliphatic carbocycles. The third-order valence-electron chi connectivity index (χ3n) is 2.02. The van der Waals surface area contributed by atoms with E-state index in [2.05, 4.69) is 0 Å². The lowest BCUT2D eigenvalue weighted by Crippen LogP contribution is -2.20. The number of Topliss-reactive ketones (excluding diaryl/α,β-unsaturated/α-hetero) is 1. The molecule has 0 aliphatic heterocycles. The van der Waals surface area contributed by atoms with Crippen molar-refractivity contribution in [2.75, 3.05) is 0 Å². The normalized spacial score (nSPS) is 12.8. The lowest BCUT2D eigenvalue weighted by atomic mass is 10.0. The standard InChI is InChI=1S/C11H12Cl2O2/c12-10(13)7-6-9(14)11(15)8-4-2-1-3-5-8/h1-5,9-10,14H,6-7H2. The van der Waals surface area contributed by atoms with Gasteiger partial charge in [-0.2, -0.15) is 0 Å². The molecule has 0 heterocycles. The summed E-state index contributed by atoms with van der Waals surface area (Å²) in [7, 11) is 0. The molecule has 1 aromatic carbocycles. The molecule has 0 amide bonds. The van der Waals surface area contributed by atoms with Crippen molar-refractivity contribution in [3.63, 3.8) is 0 Å². The van der Waals surface area contributed by atoms with Gasteiger partial charge in [0.25, 0.3) is 0 Å². The van der Waals surface area contributed by atoms with Crippen LogP contribution in [0.1, 0.15) is 23.2 Å². The molecule has 1 atom stereocenters. The molecule has 4 heteroatoms. The van der Waals surface area contributed by atoms with Gasteiger partial charge in [-0.25, -0.2) is 0 Å². The van der Waals surface area contributed by atoms with E-state index in [0.29, 0.717) is 12.0 Å². The monoisotopic (exact) mass is 246 g/mol. The minimum atomic E-state index is -1.02. The summed E-state index contributed by atoms with van der Waals surface area (Å²) in [6, 6.07) is 8.67. The van der Waals surface area contributed by atoms with E-state index in [0.717, 1.165) is 0 Å². The third kappa shape index (κ3) is 4.20. The van der Waals surface area contributed by atoms with Crippen LogP contribution in [-0.2, 0) is 0 Å². The van der Waals surface area contributed by atoms with Crippen LogP contribution in [0.25, 0.3) is 0 Å². The Bertz CT molecular complexity index is 312. The molecule has 2 nitrogen and oxygen atoms in total. The summed E-state index contributed by atoms with van der Waals surface area (Å²) in [6.07, 6.45) is -0.332. The van der Waals surface area contributed by atoms with E-state index in [1.54, 1.807) is 24.3 Å². The Balaban J connectivity index is 2.54. The molecule has 0 saturated heterocycles. The van der Waals surface area contributed by atoms with Gasteiger partial charge in [0.05, 0.1) is 0 Å². The number of hydrogen-bond acceptors (Lipinski definition) is 2. The molecule has 0 aliphatic rings. The van der Waals surface area contributed by atoms with Gasteiger partial charge in [-0.05, 0) is 12.8 Å². The first-order valence-corrected chi connectivity index (χ1v) is 5.54. The predicted octanol–water partition coefficient (Wildman–Crippen LogP) is 2.81. The molecule has 0 spiro atoms. The van der Waals surface area contributed by atoms with Crippen molar-refractivity contribution in [3.8, 4) is 0 Å². The first-order valence-electron chi connectivity index (χ1n) is 4.66. The van der Waals surface area contributed by atoms with E-state index in [1.165, 1.54) is 0 Å². The molecule has 1 N–H and O–H groups in total. The van der Waals surface area contributed by atoms with Crippen LogP contribution in [0.5, 0.6) is 0 Å². The number of ketones is 1. The maximum absolute atomic E-state index is 11.6. The van der Waals surface area contributed by atoms with Gasteiger partial charge in [0, 0.05) is 5.56 Å². The van der Waals surface area contributed by atoms with E-state index in [1.807, 2.05) is 6.07 Å². The highest BCUT2D eigenvalue weighted by molar-refractivity contribution is 6.44. The maximum atomic E-state index is 11.6. The van der Waals surface area contributed by atoms with Gasteiger partial charge in [-0.3, -0.25) is 4.79 Å². The average molecular weight is 247 g/mol. The smallest absolute Gasteiger partial charge is 0.191 e. The van der Waals surface area contributed by atoms with Gasteiger partial charge < -0.3 is 5.11 Å². The second-order valence-corrected chi connectivity index (χ2v) is 4.49. The summed E-state index contributed by atoms with van der Waals surface area (Å²) >= 11 is 11.0. The number of aliphatic hydroxyl groups is 1. The van der Waals surface area contributed by atoms with Gasteiger partial charge in [0.2, 0.25) is 0 Å². The highest BCUT2D eigenvalue weighted by Crippen LogP contribution is 2.14. The van der Waals surface area contributed by atoms with Crippen LogP contribution in [0.4, 0.5) is 0 Å². The van der Waals surface area contributed by atoms with Gasteiger partial charge in [0.1, 0.15) is 10.9 Å². The quantitative estimate of drug-likeness (QED) is 0.641. The topological polar surface area (TPSA) is 37.3 Å². The molecule has 1 unspecified atom stereocenters. The zero-order valence-electron chi connectivity index (χ0n) is 8.07. The van der Waals surface area contributed by atoms with E-state index in [4.69, 9.17) is 23.2 Å². The summed E-state index contributed by atoms with van der Waals surface area (Å²) in [5.41, 5.74) is 0.505. The van der Waals surface area contributed by atoms with Crippen molar-refractivity contribution >= 4 is 29.0 Å². The second kappa shape index (κ2) is 6.11. The first-order chi connectivity index (χ1) is 7.11. The van der Waals surface area contributed by atoms with Gasteiger partial charge in [0.15, 0.2) is 5.78 Å². The summed E-state index contributed by atoms with van der Waals surface area (Å²) in [5, 5.41) is 9.55. The number of rotatable bonds is 5. The summed E-state index contributed by atoms with van der Waals surface area (Å²) < 4.78 is 0. The minimum absolute atomic E-state index is 0.283. The van der Waals surface area contributed by atoms with Crippen LogP contribution in [0.3, 0.4) is 0 Å². The Morgan fingerprint density at radius 2 is 1.80 bits per heavy atom. The Hall–Kier alpha value is -0.570. The Kier molecular flexibility index (Phi) is 5.09. The number of halogens is 2. The van der Waals surface area contributed by atoms with Crippen LogP contribution >= 0.6 is 23.2 Å². The molecule has 0 bridgehead atoms. The minimum Gasteiger partial charge on any atom is -0.385 e. The van der Waals surface area contributed by atoms with Crippen molar-refractivity contribution < 1.29 is 9.90 Å². The lowest BCUT2D eigenvalue weighted by molar-refractivity contribution is 0.0728. The zero-order valence-corrected chi connectivity index (χ0v) is 9.58. The molecule has 0 saturated carbocycles. The molecule has 0 aromatic heterocycles. The molecule has 15 heavy (non-hydrogen) atoms. The fourth-order valence-corrected chi connectivity index (χ4v) is 1.46. The fraction of sp³-hybridized carbons (Fsp3) is 0.364. The largest absolute Gasteiger partial charge is 0.385 e. The third-order valence-corrected chi connectivity index (χ3v) is 2.46.